The molecule has 1 aromatic carbocycles. The fourth-order valence-corrected chi connectivity index (χ4v) is 3.49. The third kappa shape index (κ3) is 2.37. The molecule has 1 fully saturated rings. The number of pyridine rings is 1. The van der Waals surface area contributed by atoms with Crippen molar-refractivity contribution in [3.8, 4) is 0 Å². The number of anilines is 1. The standard InChI is InChI=1S/C19H17F2N3/c1-2-13-12-22-24-9-7-15(11-19(13)24)23-8-3-4-18(23)16-10-14(20)5-6-17(16)21/h2,5-7,9-12,18H,1,3-4,8H2. The first-order chi connectivity index (χ1) is 11.7. The summed E-state index contributed by atoms with van der Waals surface area (Å²) >= 11 is 0. The zero-order valence-electron chi connectivity index (χ0n) is 13.1. The summed E-state index contributed by atoms with van der Waals surface area (Å²) in [6, 6.07) is 7.51. The summed E-state index contributed by atoms with van der Waals surface area (Å²) in [7, 11) is 0. The summed E-state index contributed by atoms with van der Waals surface area (Å²) in [5, 5.41) is 4.28. The van der Waals surface area contributed by atoms with Gasteiger partial charge in [0.2, 0.25) is 0 Å². The van der Waals surface area contributed by atoms with Crippen molar-refractivity contribution < 1.29 is 8.78 Å². The summed E-state index contributed by atoms with van der Waals surface area (Å²) in [4.78, 5) is 2.14. The summed E-state index contributed by atoms with van der Waals surface area (Å²) in [6.07, 6.45) is 7.16. The maximum Gasteiger partial charge on any atom is 0.128 e. The minimum Gasteiger partial charge on any atom is -0.364 e. The quantitative estimate of drug-likeness (QED) is 0.702. The molecule has 0 amide bonds. The molecule has 0 spiro atoms. The van der Waals surface area contributed by atoms with Gasteiger partial charge in [-0.15, -0.1) is 0 Å². The lowest BCUT2D eigenvalue weighted by atomic mass is 10.0. The number of fused-ring (bicyclic) bond motifs is 1. The van der Waals surface area contributed by atoms with Crippen LogP contribution in [0.15, 0.2) is 49.3 Å². The number of benzene rings is 1. The van der Waals surface area contributed by atoms with E-state index in [4.69, 9.17) is 0 Å². The third-order valence-electron chi connectivity index (χ3n) is 4.66. The second kappa shape index (κ2) is 5.74. The molecule has 1 saturated heterocycles. The fraction of sp³-hybridized carbons (Fsp3) is 0.211. The van der Waals surface area contributed by atoms with Gasteiger partial charge >= 0.3 is 0 Å². The van der Waals surface area contributed by atoms with Crippen LogP contribution >= 0.6 is 0 Å². The van der Waals surface area contributed by atoms with E-state index in [1.807, 2.05) is 18.3 Å². The van der Waals surface area contributed by atoms with Crippen molar-refractivity contribution in [1.82, 2.24) is 9.61 Å². The Kier molecular flexibility index (Phi) is 3.56. The van der Waals surface area contributed by atoms with Crippen LogP contribution in [0.5, 0.6) is 0 Å². The minimum absolute atomic E-state index is 0.154. The maximum absolute atomic E-state index is 14.2. The fourth-order valence-electron chi connectivity index (χ4n) is 3.49. The Morgan fingerprint density at radius 1 is 1.21 bits per heavy atom. The lowest BCUT2D eigenvalue weighted by Crippen LogP contribution is -2.23. The number of hydrogen-bond donors (Lipinski definition) is 0. The molecule has 0 aliphatic carbocycles. The van der Waals surface area contributed by atoms with Crippen molar-refractivity contribution in [3.05, 3.63) is 72.1 Å². The molecule has 3 aromatic rings. The summed E-state index contributed by atoms with van der Waals surface area (Å²) < 4.78 is 29.6. The molecule has 5 heteroatoms. The average molecular weight is 325 g/mol. The lowest BCUT2D eigenvalue weighted by Gasteiger charge is -2.27. The highest BCUT2D eigenvalue weighted by atomic mass is 19.1. The predicted octanol–water partition coefficient (Wildman–Crippen LogP) is 4.60. The van der Waals surface area contributed by atoms with Crippen molar-refractivity contribution in [2.75, 3.05) is 11.4 Å². The highest BCUT2D eigenvalue weighted by Crippen LogP contribution is 2.38. The van der Waals surface area contributed by atoms with E-state index in [-0.39, 0.29) is 11.9 Å². The van der Waals surface area contributed by atoms with E-state index < -0.39 is 5.82 Å². The Morgan fingerprint density at radius 3 is 2.92 bits per heavy atom. The molecule has 1 aliphatic rings. The van der Waals surface area contributed by atoms with E-state index in [9.17, 15) is 8.78 Å². The molecule has 0 saturated carbocycles. The maximum atomic E-state index is 14.2. The van der Waals surface area contributed by atoms with Gasteiger partial charge in [-0.1, -0.05) is 12.7 Å². The summed E-state index contributed by atoms with van der Waals surface area (Å²) in [5.74, 6) is -0.760. The van der Waals surface area contributed by atoms with Crippen molar-refractivity contribution in [1.29, 1.82) is 0 Å². The number of nitrogens with zero attached hydrogens (tertiary/aromatic N) is 3. The van der Waals surface area contributed by atoms with Crippen molar-refractivity contribution >= 4 is 17.3 Å². The number of halogens is 2. The first-order valence-corrected chi connectivity index (χ1v) is 7.99. The molecule has 1 atom stereocenters. The van der Waals surface area contributed by atoms with Gasteiger partial charge in [0.15, 0.2) is 0 Å². The van der Waals surface area contributed by atoms with Crippen LogP contribution in [0.25, 0.3) is 11.6 Å². The normalized spacial score (nSPS) is 17.6. The number of hydrogen-bond acceptors (Lipinski definition) is 2. The first-order valence-electron chi connectivity index (χ1n) is 7.99. The Bertz CT molecular complexity index is 916. The van der Waals surface area contributed by atoms with E-state index in [2.05, 4.69) is 16.6 Å². The highest BCUT2D eigenvalue weighted by Gasteiger charge is 2.29. The van der Waals surface area contributed by atoms with Gasteiger partial charge < -0.3 is 4.90 Å². The zero-order valence-corrected chi connectivity index (χ0v) is 13.1. The monoisotopic (exact) mass is 325 g/mol. The molecule has 4 rings (SSSR count). The zero-order chi connectivity index (χ0) is 16.7. The molecule has 3 nitrogen and oxygen atoms in total. The van der Waals surface area contributed by atoms with Crippen LogP contribution in [0.3, 0.4) is 0 Å². The molecule has 1 unspecified atom stereocenters. The summed E-state index contributed by atoms with van der Waals surface area (Å²) in [5.41, 5.74) is 3.31. The van der Waals surface area contributed by atoms with Crippen LogP contribution in [-0.4, -0.2) is 16.2 Å². The molecular formula is C19H17F2N3. The second-order valence-corrected chi connectivity index (χ2v) is 6.04. The molecule has 0 radical (unpaired) electrons. The molecule has 0 N–H and O–H groups in total. The lowest BCUT2D eigenvalue weighted by molar-refractivity contribution is 0.561. The number of aromatic nitrogens is 2. The van der Waals surface area contributed by atoms with Gasteiger partial charge in [-0.2, -0.15) is 5.10 Å². The van der Waals surface area contributed by atoms with Gasteiger partial charge in [-0.05, 0) is 43.2 Å². The Hall–Kier alpha value is -2.69. The van der Waals surface area contributed by atoms with E-state index in [0.717, 1.165) is 42.2 Å². The van der Waals surface area contributed by atoms with Crippen LogP contribution in [-0.2, 0) is 0 Å². The predicted molar refractivity (Wildman–Crippen MR) is 91.0 cm³/mol. The average Bonchev–Trinajstić information content (AvgIpc) is 3.22. The van der Waals surface area contributed by atoms with Gasteiger partial charge in [0.25, 0.3) is 0 Å². The molecular weight excluding hydrogens is 308 g/mol. The smallest absolute Gasteiger partial charge is 0.128 e. The van der Waals surface area contributed by atoms with Gasteiger partial charge in [-0.3, -0.25) is 0 Å². The van der Waals surface area contributed by atoms with Crippen LogP contribution in [0.4, 0.5) is 14.5 Å². The second-order valence-electron chi connectivity index (χ2n) is 6.04. The van der Waals surface area contributed by atoms with Gasteiger partial charge in [0, 0.05) is 29.6 Å². The minimum atomic E-state index is -0.404. The van der Waals surface area contributed by atoms with Crippen molar-refractivity contribution in [2.24, 2.45) is 0 Å². The molecule has 24 heavy (non-hydrogen) atoms. The third-order valence-corrected chi connectivity index (χ3v) is 4.66. The Labute approximate surface area is 138 Å². The molecule has 1 aliphatic heterocycles. The Morgan fingerprint density at radius 2 is 2.08 bits per heavy atom. The van der Waals surface area contributed by atoms with Crippen LogP contribution in [0.2, 0.25) is 0 Å². The van der Waals surface area contributed by atoms with E-state index in [0.29, 0.717) is 5.56 Å². The van der Waals surface area contributed by atoms with Crippen molar-refractivity contribution in [3.63, 3.8) is 0 Å². The first kappa shape index (κ1) is 14.9. The molecule has 2 aromatic heterocycles. The van der Waals surface area contributed by atoms with Crippen LogP contribution in [0.1, 0.15) is 30.0 Å². The van der Waals surface area contributed by atoms with Gasteiger partial charge in [0.1, 0.15) is 11.6 Å². The topological polar surface area (TPSA) is 20.5 Å². The van der Waals surface area contributed by atoms with Crippen LogP contribution < -0.4 is 4.90 Å². The summed E-state index contributed by atoms with van der Waals surface area (Å²) in [6.45, 7) is 4.62. The molecule has 0 bridgehead atoms. The Balaban J connectivity index is 1.77. The van der Waals surface area contributed by atoms with Gasteiger partial charge in [0.05, 0.1) is 17.8 Å². The van der Waals surface area contributed by atoms with E-state index >= 15 is 0 Å². The molecule has 122 valence electrons. The largest absolute Gasteiger partial charge is 0.364 e. The van der Waals surface area contributed by atoms with Gasteiger partial charge in [-0.25, -0.2) is 13.3 Å². The highest BCUT2D eigenvalue weighted by molar-refractivity contribution is 5.72. The number of rotatable bonds is 3. The SMILES string of the molecule is C=Cc1cnn2ccc(N3CCCC3c3cc(F)ccc3F)cc12. The van der Waals surface area contributed by atoms with Crippen molar-refractivity contribution in [2.45, 2.75) is 18.9 Å². The van der Waals surface area contributed by atoms with E-state index in [1.165, 1.54) is 12.1 Å². The van der Waals surface area contributed by atoms with Crippen LogP contribution in [0, 0.1) is 11.6 Å². The van der Waals surface area contributed by atoms with E-state index in [1.54, 1.807) is 16.8 Å². The molecule has 3 heterocycles.